The van der Waals surface area contributed by atoms with Crippen LogP contribution in [0.25, 0.3) is 0 Å². The molecule has 0 radical (unpaired) electrons. The van der Waals surface area contributed by atoms with Gasteiger partial charge in [-0.1, -0.05) is 18.2 Å². The molecule has 1 heterocycles. The topological polar surface area (TPSA) is 12.9 Å². The van der Waals surface area contributed by atoms with Crippen LogP contribution in [0, 0.1) is 5.82 Å². The van der Waals surface area contributed by atoms with Crippen molar-refractivity contribution in [1.82, 2.24) is 4.98 Å². The molecule has 2 rings (SSSR count). The van der Waals surface area contributed by atoms with Crippen LogP contribution in [0.5, 0.6) is 0 Å². The lowest BCUT2D eigenvalue weighted by Gasteiger charge is -2.02. The summed E-state index contributed by atoms with van der Waals surface area (Å²) < 4.78 is 13.3. The Morgan fingerprint density at radius 2 is 1.71 bits per heavy atom. The molecule has 0 atom stereocenters. The molecule has 1 nitrogen and oxygen atoms in total. The molecule has 0 saturated carbocycles. The zero-order valence-corrected chi connectivity index (χ0v) is 7.65. The van der Waals surface area contributed by atoms with E-state index < -0.39 is 0 Å². The molecular weight excluding hydrogens is 177 g/mol. The summed E-state index contributed by atoms with van der Waals surface area (Å²) in [6, 6.07) is 10.6. The molecule has 2 heteroatoms. The van der Waals surface area contributed by atoms with Crippen LogP contribution in [0.3, 0.4) is 0 Å². The van der Waals surface area contributed by atoms with Crippen LogP contribution in [0.2, 0.25) is 0 Å². The summed E-state index contributed by atoms with van der Waals surface area (Å²) in [5, 5.41) is 0. The molecule has 0 aliphatic rings. The highest BCUT2D eigenvalue weighted by Gasteiger charge is 2.00. The zero-order valence-electron chi connectivity index (χ0n) is 7.65. The predicted octanol–water partition coefficient (Wildman–Crippen LogP) is 2.81. The summed E-state index contributed by atoms with van der Waals surface area (Å²) in [6.07, 6.45) is 4.06. The zero-order chi connectivity index (χ0) is 9.80. The summed E-state index contributed by atoms with van der Waals surface area (Å²) in [5.74, 6) is -0.149. The van der Waals surface area contributed by atoms with Gasteiger partial charge in [-0.3, -0.25) is 4.98 Å². The smallest absolute Gasteiger partial charge is 0.126 e. The van der Waals surface area contributed by atoms with E-state index in [1.165, 1.54) is 6.07 Å². The van der Waals surface area contributed by atoms with Gasteiger partial charge in [-0.25, -0.2) is 4.39 Å². The quantitative estimate of drug-likeness (QED) is 0.704. The molecule has 0 bridgehead atoms. The Balaban J connectivity index is 2.24. The number of hydrogen-bond donors (Lipinski definition) is 0. The molecular formula is C12H10FN. The molecule has 0 saturated heterocycles. The Bertz CT molecular complexity index is 412. The van der Waals surface area contributed by atoms with Gasteiger partial charge < -0.3 is 0 Å². The third-order valence-corrected chi connectivity index (χ3v) is 2.10. The lowest BCUT2D eigenvalue weighted by molar-refractivity contribution is 0.614. The Morgan fingerprint density at radius 1 is 1.00 bits per heavy atom. The van der Waals surface area contributed by atoms with Gasteiger partial charge >= 0.3 is 0 Å². The highest BCUT2D eigenvalue weighted by atomic mass is 19.1. The van der Waals surface area contributed by atoms with Gasteiger partial charge in [-0.15, -0.1) is 0 Å². The van der Waals surface area contributed by atoms with Gasteiger partial charge in [-0.2, -0.15) is 0 Å². The van der Waals surface area contributed by atoms with Crippen molar-refractivity contribution in [2.75, 3.05) is 0 Å². The lowest BCUT2D eigenvalue weighted by Crippen LogP contribution is -1.91. The Hall–Kier alpha value is -1.70. The summed E-state index contributed by atoms with van der Waals surface area (Å²) in [5.41, 5.74) is 1.80. The van der Waals surface area contributed by atoms with E-state index in [0.717, 1.165) is 11.1 Å². The highest BCUT2D eigenvalue weighted by Crippen LogP contribution is 2.11. The van der Waals surface area contributed by atoms with Crippen molar-refractivity contribution in [3.63, 3.8) is 0 Å². The minimum Gasteiger partial charge on any atom is -0.265 e. The fourth-order valence-electron chi connectivity index (χ4n) is 1.36. The lowest BCUT2D eigenvalue weighted by atomic mass is 10.1. The minimum absolute atomic E-state index is 0.149. The third-order valence-electron chi connectivity index (χ3n) is 2.10. The van der Waals surface area contributed by atoms with Crippen molar-refractivity contribution in [2.24, 2.45) is 0 Å². The first kappa shape index (κ1) is 8.88. The van der Waals surface area contributed by atoms with E-state index in [2.05, 4.69) is 4.98 Å². The second-order valence-electron chi connectivity index (χ2n) is 3.12. The van der Waals surface area contributed by atoms with E-state index in [1.807, 2.05) is 18.2 Å². The van der Waals surface area contributed by atoms with Crippen molar-refractivity contribution < 1.29 is 4.39 Å². The first-order valence-electron chi connectivity index (χ1n) is 4.48. The molecule has 70 valence electrons. The first-order valence-corrected chi connectivity index (χ1v) is 4.48. The number of pyridine rings is 1. The molecule has 0 aliphatic carbocycles. The standard InChI is InChI=1S/C12H10FN/c13-12-4-2-1-3-11(12)9-10-5-7-14-8-6-10/h1-8H,9H2. The Morgan fingerprint density at radius 3 is 2.43 bits per heavy atom. The minimum atomic E-state index is -0.149. The first-order chi connectivity index (χ1) is 6.86. The highest BCUT2D eigenvalue weighted by molar-refractivity contribution is 5.25. The molecule has 0 fully saturated rings. The van der Waals surface area contributed by atoms with Gasteiger partial charge in [0.25, 0.3) is 0 Å². The number of halogens is 1. The second-order valence-corrected chi connectivity index (χ2v) is 3.12. The van der Waals surface area contributed by atoms with Gasteiger partial charge in [0.15, 0.2) is 0 Å². The van der Waals surface area contributed by atoms with E-state index in [0.29, 0.717) is 6.42 Å². The predicted molar refractivity (Wildman–Crippen MR) is 53.4 cm³/mol. The number of aromatic nitrogens is 1. The summed E-state index contributed by atoms with van der Waals surface area (Å²) in [4.78, 5) is 3.92. The van der Waals surface area contributed by atoms with Crippen LogP contribution < -0.4 is 0 Å². The number of hydrogen-bond acceptors (Lipinski definition) is 1. The number of benzene rings is 1. The normalized spacial score (nSPS) is 10.1. The Kier molecular flexibility index (Phi) is 2.54. The van der Waals surface area contributed by atoms with Gasteiger partial charge in [-0.05, 0) is 29.3 Å². The van der Waals surface area contributed by atoms with Crippen LogP contribution in [0.4, 0.5) is 4.39 Å². The SMILES string of the molecule is Fc1ccccc1Cc1ccncc1. The van der Waals surface area contributed by atoms with E-state index >= 15 is 0 Å². The van der Waals surface area contributed by atoms with E-state index in [1.54, 1.807) is 24.5 Å². The van der Waals surface area contributed by atoms with E-state index in [4.69, 9.17) is 0 Å². The van der Waals surface area contributed by atoms with Crippen molar-refractivity contribution in [1.29, 1.82) is 0 Å². The van der Waals surface area contributed by atoms with Gasteiger partial charge in [0.1, 0.15) is 5.82 Å². The van der Waals surface area contributed by atoms with Crippen LogP contribution in [-0.2, 0) is 6.42 Å². The van der Waals surface area contributed by atoms with Crippen molar-refractivity contribution in [3.8, 4) is 0 Å². The van der Waals surface area contributed by atoms with Crippen LogP contribution in [0.15, 0.2) is 48.8 Å². The average molecular weight is 187 g/mol. The molecule has 2 aromatic rings. The molecule has 0 unspecified atom stereocenters. The molecule has 1 aromatic carbocycles. The average Bonchev–Trinajstić information content (AvgIpc) is 2.23. The second kappa shape index (κ2) is 4.01. The molecule has 0 amide bonds. The summed E-state index contributed by atoms with van der Waals surface area (Å²) in [7, 11) is 0. The molecule has 0 N–H and O–H groups in total. The maximum Gasteiger partial charge on any atom is 0.126 e. The van der Waals surface area contributed by atoms with Crippen molar-refractivity contribution in [3.05, 3.63) is 65.7 Å². The molecule has 1 aromatic heterocycles. The number of nitrogens with zero attached hydrogens (tertiary/aromatic N) is 1. The fraction of sp³-hybridized carbons (Fsp3) is 0.0833. The number of rotatable bonds is 2. The summed E-state index contributed by atoms with van der Waals surface area (Å²) >= 11 is 0. The van der Waals surface area contributed by atoms with Crippen molar-refractivity contribution >= 4 is 0 Å². The summed E-state index contributed by atoms with van der Waals surface area (Å²) in [6.45, 7) is 0. The van der Waals surface area contributed by atoms with E-state index in [-0.39, 0.29) is 5.82 Å². The van der Waals surface area contributed by atoms with E-state index in [9.17, 15) is 4.39 Å². The fourth-order valence-corrected chi connectivity index (χ4v) is 1.36. The van der Waals surface area contributed by atoms with Crippen LogP contribution in [-0.4, -0.2) is 4.98 Å². The maximum absolute atomic E-state index is 13.3. The van der Waals surface area contributed by atoms with Gasteiger partial charge in [0.2, 0.25) is 0 Å². The largest absolute Gasteiger partial charge is 0.265 e. The molecule has 0 spiro atoms. The Labute approximate surface area is 82.2 Å². The monoisotopic (exact) mass is 187 g/mol. The molecule has 14 heavy (non-hydrogen) atoms. The third kappa shape index (κ3) is 1.96. The maximum atomic E-state index is 13.3. The van der Waals surface area contributed by atoms with Crippen molar-refractivity contribution in [2.45, 2.75) is 6.42 Å². The van der Waals surface area contributed by atoms with Gasteiger partial charge in [0.05, 0.1) is 0 Å². The molecule has 0 aliphatic heterocycles. The van der Waals surface area contributed by atoms with Gasteiger partial charge in [0, 0.05) is 18.8 Å². The van der Waals surface area contributed by atoms with Crippen LogP contribution in [0.1, 0.15) is 11.1 Å². The van der Waals surface area contributed by atoms with Crippen LogP contribution >= 0.6 is 0 Å².